The van der Waals surface area contributed by atoms with Crippen molar-refractivity contribution in [3.63, 3.8) is 0 Å². The molecule has 0 spiro atoms. The van der Waals surface area contributed by atoms with E-state index in [9.17, 15) is 9.59 Å². The second-order valence-corrected chi connectivity index (χ2v) is 6.94. The van der Waals surface area contributed by atoms with Gasteiger partial charge < -0.3 is 10.1 Å². The molecule has 0 saturated heterocycles. The number of rotatable bonds is 6. The number of carbonyl (C=O) groups is 2. The summed E-state index contributed by atoms with van der Waals surface area (Å²) < 4.78 is 9.15. The molecule has 1 atom stereocenters. The number of nitrogens with one attached hydrogen (secondary N) is 1. The molecular weight excluding hydrogens is 380 g/mol. The van der Waals surface area contributed by atoms with E-state index in [-0.39, 0.29) is 5.91 Å². The Morgan fingerprint density at radius 3 is 2.67 bits per heavy atom. The third kappa shape index (κ3) is 3.90. The minimum Gasteiger partial charge on any atom is -0.462 e. The lowest BCUT2D eigenvalue weighted by Gasteiger charge is -2.12. The van der Waals surface area contributed by atoms with Crippen molar-refractivity contribution in [3.05, 3.63) is 59.4 Å². The second kappa shape index (κ2) is 8.78. The smallest absolute Gasteiger partial charge is 0.338 e. The average molecular weight is 405 g/mol. The first-order valence-corrected chi connectivity index (χ1v) is 9.93. The number of hydrogen-bond donors (Lipinski definition) is 1. The van der Waals surface area contributed by atoms with Crippen LogP contribution in [0.1, 0.15) is 48.6 Å². The molecule has 1 N–H and O–H groups in total. The molecule has 2 aromatic carbocycles. The zero-order chi connectivity index (χ0) is 21.8. The van der Waals surface area contributed by atoms with Crippen molar-refractivity contribution in [2.24, 2.45) is 0 Å². The van der Waals surface area contributed by atoms with Gasteiger partial charge in [-0.25, -0.2) is 13.9 Å². The van der Waals surface area contributed by atoms with E-state index in [4.69, 9.17) is 10.00 Å². The second-order valence-electron chi connectivity index (χ2n) is 6.94. The van der Waals surface area contributed by atoms with Crippen molar-refractivity contribution in [2.75, 3.05) is 11.9 Å². The fourth-order valence-electron chi connectivity index (χ4n) is 3.68. The van der Waals surface area contributed by atoms with E-state index >= 15 is 0 Å². The summed E-state index contributed by atoms with van der Waals surface area (Å²) in [7, 11) is 0. The van der Waals surface area contributed by atoms with Crippen LogP contribution in [0.3, 0.4) is 0 Å². The molecule has 1 amide bonds. The van der Waals surface area contributed by atoms with Crippen LogP contribution in [0.15, 0.2) is 42.5 Å². The van der Waals surface area contributed by atoms with Crippen LogP contribution in [-0.4, -0.2) is 23.1 Å². The van der Waals surface area contributed by atoms with Crippen LogP contribution >= 0.6 is 0 Å². The maximum absolute atomic E-state index is 13.0. The van der Waals surface area contributed by atoms with Crippen LogP contribution in [0.2, 0.25) is 0 Å². The third-order valence-corrected chi connectivity index (χ3v) is 5.12. The third-order valence-electron chi connectivity index (χ3n) is 5.12. The number of aromatic nitrogens is 2. The zero-order valence-corrected chi connectivity index (χ0v) is 17.6. The van der Waals surface area contributed by atoms with Gasteiger partial charge in [-0.05, 0) is 51.1 Å². The highest BCUT2D eigenvalue weighted by atomic mass is 16.5. The lowest BCUT2D eigenvalue weighted by atomic mass is 10.1. The van der Waals surface area contributed by atoms with Gasteiger partial charge in [0.15, 0.2) is 17.1 Å². The number of anilines is 1. The number of hydrogen-bond acceptors (Lipinski definition) is 4. The quantitative estimate of drug-likeness (QED) is 0.502. The first-order chi connectivity index (χ1) is 14.4. The Bertz CT molecular complexity index is 1160. The van der Waals surface area contributed by atoms with Gasteiger partial charge in [0.25, 0.3) is 11.7 Å². The fourth-order valence-corrected chi connectivity index (χ4v) is 3.68. The van der Waals surface area contributed by atoms with Gasteiger partial charge in [-0.1, -0.05) is 6.07 Å². The van der Waals surface area contributed by atoms with Crippen LogP contribution in [0.5, 0.6) is 0 Å². The Hall–Kier alpha value is -3.66. The van der Waals surface area contributed by atoms with Gasteiger partial charge in [0, 0.05) is 18.7 Å². The number of ether oxygens (including phenoxy) is 1. The molecule has 7 nitrogen and oxygen atoms in total. The first-order valence-electron chi connectivity index (χ1n) is 9.93. The van der Waals surface area contributed by atoms with Gasteiger partial charge >= 0.3 is 5.97 Å². The molecule has 0 radical (unpaired) electrons. The van der Waals surface area contributed by atoms with E-state index in [0.29, 0.717) is 23.4 Å². The molecule has 1 heterocycles. The standard InChI is InChI=1S/C23H24N4O3/c1-5-26-16(4)27(21-13-18(10-11-20(21)26)23(29)30-6-2)15(3)22(28)25-19-9-7-8-17(12-19)14-24/h7-13,15H,5-6H2,1-4H3/p+1/t15-/m0/s1. The molecule has 0 aliphatic carbocycles. The molecule has 154 valence electrons. The lowest BCUT2D eigenvalue weighted by molar-refractivity contribution is -0.675. The summed E-state index contributed by atoms with van der Waals surface area (Å²) in [5.74, 6) is 0.301. The highest BCUT2D eigenvalue weighted by molar-refractivity contribution is 5.96. The molecule has 30 heavy (non-hydrogen) atoms. The van der Waals surface area contributed by atoms with Crippen LogP contribution in [0, 0.1) is 18.3 Å². The van der Waals surface area contributed by atoms with Gasteiger partial charge in [0.2, 0.25) is 0 Å². The van der Waals surface area contributed by atoms with Crippen molar-refractivity contribution in [2.45, 2.75) is 40.3 Å². The maximum atomic E-state index is 13.0. The van der Waals surface area contributed by atoms with E-state index < -0.39 is 12.0 Å². The first kappa shape index (κ1) is 21.1. The number of benzene rings is 2. The lowest BCUT2D eigenvalue weighted by Crippen LogP contribution is -2.36. The Morgan fingerprint density at radius 1 is 1.23 bits per heavy atom. The van der Waals surface area contributed by atoms with E-state index in [0.717, 1.165) is 23.4 Å². The topological polar surface area (TPSA) is 88.0 Å². The van der Waals surface area contributed by atoms with Crippen LogP contribution in [-0.2, 0) is 16.1 Å². The molecule has 0 fully saturated rings. The molecule has 1 aromatic heterocycles. The molecule has 0 unspecified atom stereocenters. The minimum absolute atomic E-state index is 0.213. The number of esters is 1. The van der Waals surface area contributed by atoms with Crippen molar-refractivity contribution >= 4 is 28.6 Å². The van der Waals surface area contributed by atoms with Crippen LogP contribution < -0.4 is 9.88 Å². The normalized spacial score (nSPS) is 11.7. The Balaban J connectivity index is 2.03. The summed E-state index contributed by atoms with van der Waals surface area (Å²) in [6.45, 7) is 8.59. The predicted molar refractivity (Wildman–Crippen MR) is 113 cm³/mol. The van der Waals surface area contributed by atoms with Crippen molar-refractivity contribution < 1.29 is 18.9 Å². The molecule has 0 aliphatic rings. The average Bonchev–Trinajstić information content (AvgIpc) is 3.03. The summed E-state index contributed by atoms with van der Waals surface area (Å²) in [4.78, 5) is 25.2. The summed E-state index contributed by atoms with van der Waals surface area (Å²) in [6, 6.07) is 13.7. The Labute approximate surface area is 175 Å². The Kier molecular flexibility index (Phi) is 6.17. The Morgan fingerprint density at radius 2 is 2.00 bits per heavy atom. The van der Waals surface area contributed by atoms with Gasteiger partial charge in [-0.15, -0.1) is 0 Å². The highest BCUT2D eigenvalue weighted by Gasteiger charge is 2.30. The van der Waals surface area contributed by atoms with Gasteiger partial charge in [-0.3, -0.25) is 4.79 Å². The largest absolute Gasteiger partial charge is 0.462 e. The van der Waals surface area contributed by atoms with Crippen LogP contribution in [0.4, 0.5) is 5.69 Å². The molecule has 0 bridgehead atoms. The maximum Gasteiger partial charge on any atom is 0.338 e. The number of nitriles is 1. The number of aryl methyl sites for hydroxylation is 1. The van der Waals surface area contributed by atoms with Crippen molar-refractivity contribution in [1.82, 2.24) is 4.57 Å². The van der Waals surface area contributed by atoms with E-state index in [1.54, 1.807) is 43.3 Å². The summed E-state index contributed by atoms with van der Waals surface area (Å²) in [6.07, 6.45) is 0. The number of fused-ring (bicyclic) bond motifs is 1. The number of amides is 1. The van der Waals surface area contributed by atoms with Gasteiger partial charge in [0.1, 0.15) is 0 Å². The van der Waals surface area contributed by atoms with Crippen LogP contribution in [0.25, 0.3) is 11.0 Å². The van der Waals surface area contributed by atoms with E-state index in [2.05, 4.69) is 16.0 Å². The zero-order valence-electron chi connectivity index (χ0n) is 17.6. The molecule has 0 aliphatic heterocycles. The molecule has 3 aromatic rings. The highest BCUT2D eigenvalue weighted by Crippen LogP contribution is 2.23. The molecular formula is C23H25N4O3+. The summed E-state index contributed by atoms with van der Waals surface area (Å²) >= 11 is 0. The number of carbonyl (C=O) groups excluding carboxylic acids is 2. The number of nitrogens with zero attached hydrogens (tertiary/aromatic N) is 3. The van der Waals surface area contributed by atoms with E-state index in [1.165, 1.54) is 0 Å². The molecule has 0 saturated carbocycles. The predicted octanol–water partition coefficient (Wildman–Crippen LogP) is 3.51. The van der Waals surface area contributed by atoms with Crippen molar-refractivity contribution in [3.8, 4) is 6.07 Å². The monoisotopic (exact) mass is 405 g/mol. The molecule has 3 rings (SSSR count). The minimum atomic E-state index is -0.538. The fraction of sp³-hybridized carbons (Fsp3) is 0.304. The summed E-state index contributed by atoms with van der Waals surface area (Å²) in [5, 5.41) is 11.9. The van der Waals surface area contributed by atoms with Gasteiger partial charge in [-0.2, -0.15) is 5.26 Å². The number of imidazole rings is 1. The summed E-state index contributed by atoms with van der Waals surface area (Å²) in [5.41, 5.74) is 3.21. The van der Waals surface area contributed by atoms with E-state index in [1.807, 2.05) is 31.4 Å². The SMILES string of the molecule is CCOC(=O)c1ccc2c(c1)n([C@@H](C)C(=O)Nc1cccc(C#N)c1)c(C)[n+]2CC. The van der Waals surface area contributed by atoms with Gasteiger partial charge in [0.05, 0.1) is 30.3 Å². The molecule has 7 heteroatoms. The van der Waals surface area contributed by atoms with Crippen molar-refractivity contribution in [1.29, 1.82) is 5.26 Å².